The van der Waals surface area contributed by atoms with Crippen molar-refractivity contribution in [2.45, 2.75) is 11.7 Å². The molecule has 5 nitrogen and oxygen atoms in total. The lowest BCUT2D eigenvalue weighted by Crippen LogP contribution is -2.61. The first-order valence-electron chi connectivity index (χ1n) is 3.50. The molecule has 0 saturated carbocycles. The molecule has 1 N–H and O–H groups in total. The molecule has 0 amide bonds. The van der Waals surface area contributed by atoms with Crippen LogP contribution in [-0.2, 0) is 19.4 Å². The average Bonchev–Trinajstić information content (AvgIpc) is 1.83. The molecule has 1 aliphatic heterocycles. The van der Waals surface area contributed by atoms with Gasteiger partial charge in [-0.05, 0) is 0 Å². The molecule has 0 atom stereocenters. The predicted molar refractivity (Wildman–Crippen MR) is 40.6 cm³/mol. The number of rotatable bonds is 3. The Balaban J connectivity index is 3.04. The summed E-state index contributed by atoms with van der Waals surface area (Å²) in [5, 5.41) is 8.69. The fraction of sp³-hybridized carbons (Fsp3) is 0.833. The Morgan fingerprint density at radius 1 is 1.58 bits per heavy atom. The number of hydrogen-bond acceptors (Lipinski definition) is 4. The Morgan fingerprint density at radius 2 is 2.08 bits per heavy atom. The van der Waals surface area contributed by atoms with E-state index in [1.807, 2.05) is 0 Å². The highest BCUT2D eigenvalue weighted by Gasteiger charge is 2.56. The molecule has 1 fully saturated rings. The number of sulfone groups is 1. The lowest BCUT2D eigenvalue weighted by atomic mass is 10.1. The SMILES string of the molecule is CCS(=O)(=O)C1(C(=O)O)COC1. The second-order valence-electron chi connectivity index (χ2n) is 2.70. The molecule has 1 heterocycles. The van der Waals surface area contributed by atoms with Crippen molar-refractivity contribution in [2.24, 2.45) is 0 Å². The molecule has 0 aromatic rings. The van der Waals surface area contributed by atoms with Crippen molar-refractivity contribution < 1.29 is 23.1 Å². The van der Waals surface area contributed by atoms with Gasteiger partial charge >= 0.3 is 5.97 Å². The van der Waals surface area contributed by atoms with Crippen LogP contribution in [0.2, 0.25) is 0 Å². The van der Waals surface area contributed by atoms with Crippen LogP contribution in [0, 0.1) is 0 Å². The standard InChI is InChI=1S/C6H10O5S/c1-2-12(9,10)6(5(7)8)3-11-4-6/h2-4H2,1H3,(H,7,8). The summed E-state index contributed by atoms with van der Waals surface area (Å²) in [6.07, 6.45) is 0. The quantitative estimate of drug-likeness (QED) is 0.641. The summed E-state index contributed by atoms with van der Waals surface area (Å²) in [6, 6.07) is 0. The zero-order valence-electron chi connectivity index (χ0n) is 6.61. The van der Waals surface area contributed by atoms with Crippen molar-refractivity contribution in [3.63, 3.8) is 0 Å². The van der Waals surface area contributed by atoms with E-state index in [0.29, 0.717) is 0 Å². The highest BCUT2D eigenvalue weighted by molar-refractivity contribution is 7.93. The van der Waals surface area contributed by atoms with Crippen LogP contribution in [-0.4, -0.2) is 43.2 Å². The third kappa shape index (κ3) is 1.02. The van der Waals surface area contributed by atoms with Crippen molar-refractivity contribution in [3.8, 4) is 0 Å². The Labute approximate surface area is 70.3 Å². The van der Waals surface area contributed by atoms with Crippen LogP contribution < -0.4 is 0 Å². The molecule has 12 heavy (non-hydrogen) atoms. The van der Waals surface area contributed by atoms with Gasteiger partial charge in [-0.15, -0.1) is 0 Å². The maximum Gasteiger partial charge on any atom is 0.329 e. The van der Waals surface area contributed by atoms with E-state index in [2.05, 4.69) is 4.74 Å². The normalized spacial score (nSPS) is 21.4. The first-order valence-corrected chi connectivity index (χ1v) is 5.15. The molecule has 0 spiro atoms. The van der Waals surface area contributed by atoms with Gasteiger partial charge in [0.05, 0.1) is 13.2 Å². The van der Waals surface area contributed by atoms with Crippen LogP contribution >= 0.6 is 0 Å². The van der Waals surface area contributed by atoms with E-state index in [4.69, 9.17) is 5.11 Å². The van der Waals surface area contributed by atoms with Crippen molar-refractivity contribution in [1.29, 1.82) is 0 Å². The van der Waals surface area contributed by atoms with Gasteiger partial charge in [0.25, 0.3) is 0 Å². The maximum absolute atomic E-state index is 11.3. The zero-order chi connectivity index (χ0) is 9.41. The van der Waals surface area contributed by atoms with Gasteiger partial charge < -0.3 is 9.84 Å². The third-order valence-electron chi connectivity index (χ3n) is 2.04. The van der Waals surface area contributed by atoms with Crippen LogP contribution in [0.3, 0.4) is 0 Å². The smallest absolute Gasteiger partial charge is 0.329 e. The minimum Gasteiger partial charge on any atom is -0.480 e. The number of carbonyl (C=O) groups is 1. The molecule has 0 unspecified atom stereocenters. The second-order valence-corrected chi connectivity index (χ2v) is 5.28. The summed E-state index contributed by atoms with van der Waals surface area (Å²) in [6.45, 7) is 0.982. The van der Waals surface area contributed by atoms with E-state index in [1.54, 1.807) is 0 Å². The molecular formula is C6H10O5S. The predicted octanol–water partition coefficient (Wildman–Crippen LogP) is -0.725. The lowest BCUT2D eigenvalue weighted by Gasteiger charge is -2.35. The summed E-state index contributed by atoms with van der Waals surface area (Å²) >= 11 is 0. The molecule has 0 bridgehead atoms. The van der Waals surface area contributed by atoms with E-state index in [0.717, 1.165) is 0 Å². The van der Waals surface area contributed by atoms with Gasteiger partial charge in [-0.2, -0.15) is 0 Å². The number of carboxylic acid groups (broad SMARTS) is 1. The highest BCUT2D eigenvalue weighted by Crippen LogP contribution is 2.27. The fourth-order valence-corrected chi connectivity index (χ4v) is 2.34. The van der Waals surface area contributed by atoms with Gasteiger partial charge in [0, 0.05) is 5.75 Å². The zero-order valence-corrected chi connectivity index (χ0v) is 7.43. The van der Waals surface area contributed by atoms with Gasteiger partial charge in [0.15, 0.2) is 9.84 Å². The van der Waals surface area contributed by atoms with Crippen LogP contribution in [0.1, 0.15) is 6.92 Å². The first-order chi connectivity index (χ1) is 5.46. The van der Waals surface area contributed by atoms with E-state index in [-0.39, 0.29) is 19.0 Å². The average molecular weight is 194 g/mol. The van der Waals surface area contributed by atoms with Gasteiger partial charge in [0.1, 0.15) is 0 Å². The van der Waals surface area contributed by atoms with Gasteiger partial charge in [0.2, 0.25) is 4.75 Å². The minimum atomic E-state index is -3.55. The molecule has 0 aromatic heterocycles. The van der Waals surface area contributed by atoms with E-state index in [9.17, 15) is 13.2 Å². The molecule has 70 valence electrons. The highest BCUT2D eigenvalue weighted by atomic mass is 32.2. The second kappa shape index (κ2) is 2.70. The Kier molecular flexibility index (Phi) is 2.13. The van der Waals surface area contributed by atoms with Crippen molar-refractivity contribution >= 4 is 15.8 Å². The Bertz CT molecular complexity index is 287. The molecular weight excluding hydrogens is 184 g/mol. The Hall–Kier alpha value is -0.620. The van der Waals surface area contributed by atoms with E-state index >= 15 is 0 Å². The maximum atomic E-state index is 11.3. The molecule has 0 aromatic carbocycles. The first kappa shape index (κ1) is 9.47. The molecule has 0 radical (unpaired) electrons. The molecule has 1 aliphatic rings. The Morgan fingerprint density at radius 3 is 2.17 bits per heavy atom. The van der Waals surface area contributed by atoms with Crippen molar-refractivity contribution in [3.05, 3.63) is 0 Å². The topological polar surface area (TPSA) is 80.7 Å². The van der Waals surface area contributed by atoms with E-state index < -0.39 is 20.6 Å². The van der Waals surface area contributed by atoms with Gasteiger partial charge in [-0.25, -0.2) is 8.42 Å². The number of ether oxygens (including phenoxy) is 1. The fourth-order valence-electron chi connectivity index (χ4n) is 1.000. The van der Waals surface area contributed by atoms with Crippen molar-refractivity contribution in [2.75, 3.05) is 19.0 Å². The molecule has 6 heteroatoms. The van der Waals surface area contributed by atoms with Gasteiger partial charge in [-0.3, -0.25) is 4.79 Å². The molecule has 1 saturated heterocycles. The number of carboxylic acids is 1. The van der Waals surface area contributed by atoms with Crippen LogP contribution in [0.15, 0.2) is 0 Å². The minimum absolute atomic E-state index is 0.164. The monoisotopic (exact) mass is 194 g/mol. The number of hydrogen-bond donors (Lipinski definition) is 1. The van der Waals surface area contributed by atoms with Crippen LogP contribution in [0.25, 0.3) is 0 Å². The van der Waals surface area contributed by atoms with Gasteiger partial charge in [-0.1, -0.05) is 6.92 Å². The molecule has 1 rings (SSSR count). The van der Waals surface area contributed by atoms with Crippen LogP contribution in [0.5, 0.6) is 0 Å². The van der Waals surface area contributed by atoms with Crippen LogP contribution in [0.4, 0.5) is 0 Å². The summed E-state index contributed by atoms with van der Waals surface area (Å²) < 4.78 is 25.5. The van der Waals surface area contributed by atoms with Crippen molar-refractivity contribution in [1.82, 2.24) is 0 Å². The summed E-state index contributed by atoms with van der Waals surface area (Å²) in [5.41, 5.74) is 0. The number of aliphatic carboxylic acids is 1. The summed E-state index contributed by atoms with van der Waals surface area (Å²) in [5.74, 6) is -1.47. The third-order valence-corrected chi connectivity index (χ3v) is 4.40. The lowest BCUT2D eigenvalue weighted by molar-refractivity contribution is -0.152. The summed E-state index contributed by atoms with van der Waals surface area (Å²) in [4.78, 5) is 10.6. The largest absolute Gasteiger partial charge is 0.480 e. The van der Waals surface area contributed by atoms with E-state index in [1.165, 1.54) is 6.92 Å². The summed E-state index contributed by atoms with van der Waals surface area (Å²) in [7, 11) is -3.55. The molecule has 0 aliphatic carbocycles.